The summed E-state index contributed by atoms with van der Waals surface area (Å²) in [6, 6.07) is 13.2. The molecule has 0 aliphatic rings. The monoisotopic (exact) mass is 318 g/mol. The normalized spacial score (nSPS) is 9.86. The molecule has 6 nitrogen and oxygen atoms in total. The maximum atomic E-state index is 11.9. The van der Waals surface area contributed by atoms with E-state index >= 15 is 0 Å². The van der Waals surface area contributed by atoms with Gasteiger partial charge in [-0.2, -0.15) is 0 Å². The number of carbonyl (C=O) groups excluding carboxylic acids is 2. The fraction of sp³-hybridized carbons (Fsp3) is 0.0667. The number of hydrogen-bond acceptors (Lipinski definition) is 3. The van der Waals surface area contributed by atoms with Crippen LogP contribution in [0.1, 0.15) is 0 Å². The second kappa shape index (κ2) is 7.33. The number of para-hydroxylation sites is 1. The van der Waals surface area contributed by atoms with Crippen LogP contribution in [0, 0.1) is 0 Å². The van der Waals surface area contributed by atoms with Crippen molar-refractivity contribution < 1.29 is 9.59 Å². The van der Waals surface area contributed by atoms with E-state index in [2.05, 4.69) is 16.0 Å². The number of benzene rings is 2. The fourth-order valence-electron chi connectivity index (χ4n) is 1.76. The lowest BCUT2D eigenvalue weighted by Crippen LogP contribution is -2.22. The molecule has 0 saturated heterocycles. The van der Waals surface area contributed by atoms with Crippen LogP contribution in [-0.4, -0.2) is 18.5 Å². The second-order valence-electron chi connectivity index (χ2n) is 4.45. The summed E-state index contributed by atoms with van der Waals surface area (Å²) in [5, 5.41) is 8.67. The molecule has 0 radical (unpaired) electrons. The third-order valence-corrected chi connectivity index (χ3v) is 3.08. The summed E-state index contributed by atoms with van der Waals surface area (Å²) in [7, 11) is 0. The minimum absolute atomic E-state index is 0.0883. The molecule has 22 heavy (non-hydrogen) atoms. The summed E-state index contributed by atoms with van der Waals surface area (Å²) in [5.41, 5.74) is 6.87. The third-order valence-electron chi connectivity index (χ3n) is 2.75. The number of nitrogens with two attached hydrogens (primary N) is 1. The molecule has 114 valence electrons. The van der Waals surface area contributed by atoms with Gasteiger partial charge in [0, 0.05) is 11.4 Å². The average Bonchev–Trinajstić information content (AvgIpc) is 2.48. The van der Waals surface area contributed by atoms with Gasteiger partial charge in [-0.1, -0.05) is 23.7 Å². The molecule has 0 atom stereocenters. The first kappa shape index (κ1) is 15.7. The molecule has 0 saturated carbocycles. The van der Waals surface area contributed by atoms with Crippen molar-refractivity contribution >= 4 is 40.6 Å². The van der Waals surface area contributed by atoms with Gasteiger partial charge in [-0.3, -0.25) is 4.79 Å². The van der Waals surface area contributed by atoms with Gasteiger partial charge in [-0.05, 0) is 36.4 Å². The quantitative estimate of drug-likeness (QED) is 0.682. The molecule has 2 aromatic carbocycles. The van der Waals surface area contributed by atoms with Crippen LogP contribution in [0.2, 0.25) is 5.02 Å². The van der Waals surface area contributed by atoms with Crippen molar-refractivity contribution in [2.75, 3.05) is 22.5 Å². The molecule has 0 aliphatic carbocycles. The van der Waals surface area contributed by atoms with Gasteiger partial charge in [0.15, 0.2) is 0 Å². The Bertz CT molecular complexity index is 673. The largest absolute Gasteiger partial charge is 0.375 e. The van der Waals surface area contributed by atoms with E-state index in [1.165, 1.54) is 0 Å². The highest BCUT2D eigenvalue weighted by Gasteiger charge is 2.04. The van der Waals surface area contributed by atoms with E-state index in [1.54, 1.807) is 36.4 Å². The van der Waals surface area contributed by atoms with Crippen molar-refractivity contribution in [2.24, 2.45) is 5.73 Å². The van der Waals surface area contributed by atoms with Crippen LogP contribution in [-0.2, 0) is 4.79 Å². The average molecular weight is 319 g/mol. The lowest BCUT2D eigenvalue weighted by Gasteiger charge is -2.09. The third kappa shape index (κ3) is 4.68. The minimum Gasteiger partial charge on any atom is -0.375 e. The van der Waals surface area contributed by atoms with Crippen molar-refractivity contribution in [2.45, 2.75) is 0 Å². The number of anilines is 3. The van der Waals surface area contributed by atoms with Crippen LogP contribution in [0.5, 0.6) is 0 Å². The molecule has 5 N–H and O–H groups in total. The summed E-state index contributed by atoms with van der Waals surface area (Å²) in [4.78, 5) is 22.6. The van der Waals surface area contributed by atoms with Crippen molar-refractivity contribution in [3.05, 3.63) is 53.6 Å². The Morgan fingerprint density at radius 2 is 1.55 bits per heavy atom. The van der Waals surface area contributed by atoms with Crippen LogP contribution in [0.25, 0.3) is 0 Å². The summed E-state index contributed by atoms with van der Waals surface area (Å²) >= 11 is 5.99. The SMILES string of the molecule is NC(=O)Nc1ccc(NC(=O)CNc2ccccc2Cl)cc1. The first-order valence-electron chi connectivity index (χ1n) is 6.49. The maximum Gasteiger partial charge on any atom is 0.316 e. The lowest BCUT2D eigenvalue weighted by molar-refractivity contribution is -0.114. The molecule has 0 heterocycles. The Labute approximate surface area is 132 Å². The number of halogens is 1. The Morgan fingerprint density at radius 3 is 2.14 bits per heavy atom. The van der Waals surface area contributed by atoms with Gasteiger partial charge in [0.05, 0.1) is 17.3 Å². The summed E-state index contributed by atoms with van der Waals surface area (Å²) in [6.45, 7) is 0.0883. The van der Waals surface area contributed by atoms with Crippen LogP contribution in [0.3, 0.4) is 0 Å². The van der Waals surface area contributed by atoms with Crippen molar-refractivity contribution in [1.29, 1.82) is 0 Å². The molecule has 7 heteroatoms. The van der Waals surface area contributed by atoms with Gasteiger partial charge in [0.2, 0.25) is 5.91 Å². The summed E-state index contributed by atoms with van der Waals surface area (Å²) < 4.78 is 0. The number of urea groups is 1. The molecule has 0 spiro atoms. The van der Waals surface area contributed by atoms with Crippen LogP contribution in [0.4, 0.5) is 21.9 Å². The number of rotatable bonds is 5. The van der Waals surface area contributed by atoms with Crippen molar-refractivity contribution in [3.8, 4) is 0 Å². The van der Waals surface area contributed by atoms with E-state index in [1.807, 2.05) is 12.1 Å². The second-order valence-corrected chi connectivity index (χ2v) is 4.86. The van der Waals surface area contributed by atoms with Crippen LogP contribution >= 0.6 is 11.6 Å². The van der Waals surface area contributed by atoms with Gasteiger partial charge in [-0.25, -0.2) is 4.79 Å². The molecule has 0 unspecified atom stereocenters. The summed E-state index contributed by atoms with van der Waals surface area (Å²) in [6.07, 6.45) is 0. The molecule has 3 amide bonds. The van der Waals surface area contributed by atoms with Gasteiger partial charge >= 0.3 is 6.03 Å². The highest BCUT2D eigenvalue weighted by molar-refractivity contribution is 6.33. The zero-order valence-corrected chi connectivity index (χ0v) is 12.4. The predicted molar refractivity (Wildman–Crippen MR) is 88.2 cm³/mol. The van der Waals surface area contributed by atoms with E-state index in [0.717, 1.165) is 0 Å². The molecule has 0 aliphatic heterocycles. The smallest absolute Gasteiger partial charge is 0.316 e. The Morgan fingerprint density at radius 1 is 0.955 bits per heavy atom. The summed E-state index contributed by atoms with van der Waals surface area (Å²) in [5.74, 6) is -0.212. The zero-order valence-electron chi connectivity index (χ0n) is 11.6. The maximum absolute atomic E-state index is 11.9. The number of carbonyl (C=O) groups is 2. The van der Waals surface area contributed by atoms with Crippen molar-refractivity contribution in [1.82, 2.24) is 0 Å². The number of amides is 3. The Balaban J connectivity index is 1.87. The van der Waals surface area contributed by atoms with Gasteiger partial charge in [0.1, 0.15) is 0 Å². The molecule has 0 aromatic heterocycles. The highest BCUT2D eigenvalue weighted by Crippen LogP contribution is 2.20. The number of hydrogen-bond donors (Lipinski definition) is 4. The van der Waals surface area contributed by atoms with Crippen molar-refractivity contribution in [3.63, 3.8) is 0 Å². The minimum atomic E-state index is -0.638. The Kier molecular flexibility index (Phi) is 5.21. The standard InChI is InChI=1S/C15H15ClN4O2/c16-12-3-1-2-4-13(12)18-9-14(21)19-10-5-7-11(8-6-10)20-15(17)22/h1-8,18H,9H2,(H,19,21)(H3,17,20,22). The number of primary amides is 1. The van der Waals surface area contributed by atoms with Gasteiger partial charge in [-0.15, -0.1) is 0 Å². The first-order chi connectivity index (χ1) is 10.5. The van der Waals surface area contributed by atoms with Crippen LogP contribution in [0.15, 0.2) is 48.5 Å². The fourth-order valence-corrected chi connectivity index (χ4v) is 1.97. The van der Waals surface area contributed by atoms with E-state index in [0.29, 0.717) is 22.1 Å². The molecule has 2 aromatic rings. The molecule has 0 fully saturated rings. The van der Waals surface area contributed by atoms with Crippen LogP contribution < -0.4 is 21.7 Å². The first-order valence-corrected chi connectivity index (χ1v) is 6.87. The molecular weight excluding hydrogens is 304 g/mol. The lowest BCUT2D eigenvalue weighted by atomic mass is 10.2. The molecule has 0 bridgehead atoms. The Hall–Kier alpha value is -2.73. The van der Waals surface area contributed by atoms with E-state index < -0.39 is 6.03 Å². The van der Waals surface area contributed by atoms with E-state index in [-0.39, 0.29) is 12.5 Å². The number of nitrogens with one attached hydrogen (secondary N) is 3. The zero-order chi connectivity index (χ0) is 15.9. The molecular formula is C15H15ClN4O2. The van der Waals surface area contributed by atoms with Gasteiger partial charge in [0.25, 0.3) is 0 Å². The van der Waals surface area contributed by atoms with E-state index in [9.17, 15) is 9.59 Å². The van der Waals surface area contributed by atoms with E-state index in [4.69, 9.17) is 17.3 Å². The molecule has 2 rings (SSSR count). The predicted octanol–water partition coefficient (Wildman–Crippen LogP) is 2.88. The highest BCUT2D eigenvalue weighted by atomic mass is 35.5. The topological polar surface area (TPSA) is 96.2 Å². The van der Waals surface area contributed by atoms with Gasteiger partial charge < -0.3 is 21.7 Å².